The van der Waals surface area contributed by atoms with Crippen LogP contribution in [0.5, 0.6) is 0 Å². The summed E-state index contributed by atoms with van der Waals surface area (Å²) in [5, 5.41) is 0. The standard InChI is InChI=1S/C13H19N3O3/c1-14-5-7-16(8-6-14)12(17)10-15(2)13(18)11-4-3-9-19-11/h3-4,9H,5-8,10H2,1-2H3. The van der Waals surface area contributed by atoms with Crippen molar-refractivity contribution in [1.29, 1.82) is 0 Å². The highest BCUT2D eigenvalue weighted by Crippen LogP contribution is 2.05. The molecule has 0 spiro atoms. The third-order valence-corrected chi connectivity index (χ3v) is 3.31. The van der Waals surface area contributed by atoms with Crippen molar-refractivity contribution in [3.63, 3.8) is 0 Å². The van der Waals surface area contributed by atoms with E-state index >= 15 is 0 Å². The van der Waals surface area contributed by atoms with Gasteiger partial charge in [-0.15, -0.1) is 0 Å². The van der Waals surface area contributed by atoms with E-state index in [0.717, 1.165) is 26.2 Å². The van der Waals surface area contributed by atoms with Crippen molar-refractivity contribution in [2.24, 2.45) is 0 Å². The van der Waals surface area contributed by atoms with Crippen LogP contribution < -0.4 is 0 Å². The first-order valence-electron chi connectivity index (χ1n) is 6.33. The molecule has 2 heterocycles. The van der Waals surface area contributed by atoms with Gasteiger partial charge in [0.15, 0.2) is 5.76 Å². The van der Waals surface area contributed by atoms with Crippen molar-refractivity contribution in [3.8, 4) is 0 Å². The SMILES string of the molecule is CN1CCN(C(=O)CN(C)C(=O)c2ccco2)CC1. The third-order valence-electron chi connectivity index (χ3n) is 3.31. The number of carbonyl (C=O) groups is 2. The van der Waals surface area contributed by atoms with E-state index < -0.39 is 0 Å². The van der Waals surface area contributed by atoms with Gasteiger partial charge in [0.25, 0.3) is 5.91 Å². The number of hydrogen-bond acceptors (Lipinski definition) is 4. The van der Waals surface area contributed by atoms with E-state index in [1.165, 1.54) is 11.2 Å². The maximum atomic E-state index is 12.1. The summed E-state index contributed by atoms with van der Waals surface area (Å²) in [6.45, 7) is 3.28. The first-order chi connectivity index (χ1) is 9.08. The Kier molecular flexibility index (Phi) is 4.21. The minimum Gasteiger partial charge on any atom is -0.459 e. The van der Waals surface area contributed by atoms with Crippen LogP contribution in [0.3, 0.4) is 0 Å². The maximum Gasteiger partial charge on any atom is 0.289 e. The number of carbonyl (C=O) groups excluding carboxylic acids is 2. The average Bonchev–Trinajstić information content (AvgIpc) is 2.92. The lowest BCUT2D eigenvalue weighted by molar-refractivity contribution is -0.133. The van der Waals surface area contributed by atoms with E-state index in [1.807, 2.05) is 7.05 Å². The predicted molar refractivity (Wildman–Crippen MR) is 69.7 cm³/mol. The molecule has 0 aliphatic carbocycles. The van der Waals surface area contributed by atoms with Gasteiger partial charge < -0.3 is 19.1 Å². The Labute approximate surface area is 112 Å². The fraction of sp³-hybridized carbons (Fsp3) is 0.538. The van der Waals surface area contributed by atoms with Crippen molar-refractivity contribution < 1.29 is 14.0 Å². The van der Waals surface area contributed by atoms with Crippen LogP contribution >= 0.6 is 0 Å². The number of hydrogen-bond donors (Lipinski definition) is 0. The molecule has 0 N–H and O–H groups in total. The zero-order chi connectivity index (χ0) is 13.8. The second-order valence-electron chi connectivity index (χ2n) is 4.82. The summed E-state index contributed by atoms with van der Waals surface area (Å²) < 4.78 is 5.03. The normalized spacial score (nSPS) is 16.4. The molecule has 0 radical (unpaired) electrons. The molecular weight excluding hydrogens is 246 g/mol. The highest BCUT2D eigenvalue weighted by Gasteiger charge is 2.23. The van der Waals surface area contributed by atoms with Crippen LogP contribution in [0, 0.1) is 0 Å². The van der Waals surface area contributed by atoms with Gasteiger partial charge in [-0.1, -0.05) is 0 Å². The third kappa shape index (κ3) is 3.35. The fourth-order valence-electron chi connectivity index (χ4n) is 2.02. The average molecular weight is 265 g/mol. The summed E-state index contributed by atoms with van der Waals surface area (Å²) in [5.41, 5.74) is 0. The Morgan fingerprint density at radius 1 is 1.32 bits per heavy atom. The molecule has 0 unspecified atom stereocenters. The molecule has 19 heavy (non-hydrogen) atoms. The van der Waals surface area contributed by atoms with E-state index in [2.05, 4.69) is 4.90 Å². The van der Waals surface area contributed by atoms with Crippen molar-refractivity contribution in [2.75, 3.05) is 46.8 Å². The molecule has 1 aliphatic rings. The first-order valence-corrected chi connectivity index (χ1v) is 6.33. The van der Waals surface area contributed by atoms with Crippen molar-refractivity contribution >= 4 is 11.8 Å². The van der Waals surface area contributed by atoms with Gasteiger partial charge in [0.1, 0.15) is 0 Å². The number of nitrogens with zero attached hydrogens (tertiary/aromatic N) is 3. The molecule has 0 saturated carbocycles. The molecule has 0 atom stereocenters. The Morgan fingerprint density at radius 2 is 2.00 bits per heavy atom. The molecule has 1 aromatic heterocycles. The summed E-state index contributed by atoms with van der Waals surface area (Å²) in [5.74, 6) is -0.0309. The molecular formula is C13H19N3O3. The van der Waals surface area contributed by atoms with Crippen LogP contribution in [0.2, 0.25) is 0 Å². The Morgan fingerprint density at radius 3 is 2.58 bits per heavy atom. The van der Waals surface area contributed by atoms with Crippen LogP contribution in [-0.4, -0.2) is 73.3 Å². The minimum atomic E-state index is -0.271. The summed E-state index contributed by atoms with van der Waals surface area (Å²) in [6, 6.07) is 3.25. The number of rotatable bonds is 3. The monoisotopic (exact) mass is 265 g/mol. The van der Waals surface area contributed by atoms with Gasteiger partial charge in [0.2, 0.25) is 5.91 Å². The van der Waals surface area contributed by atoms with E-state index in [1.54, 1.807) is 24.1 Å². The highest BCUT2D eigenvalue weighted by molar-refractivity contribution is 5.94. The van der Waals surface area contributed by atoms with Crippen LogP contribution in [0.15, 0.2) is 22.8 Å². The van der Waals surface area contributed by atoms with Gasteiger partial charge in [-0.2, -0.15) is 0 Å². The van der Waals surface area contributed by atoms with E-state index in [9.17, 15) is 9.59 Å². The largest absolute Gasteiger partial charge is 0.459 e. The molecule has 0 bridgehead atoms. The first kappa shape index (κ1) is 13.6. The summed E-state index contributed by atoms with van der Waals surface area (Å²) in [6.07, 6.45) is 1.45. The molecule has 0 aromatic carbocycles. The van der Waals surface area contributed by atoms with Gasteiger partial charge >= 0.3 is 0 Å². The molecule has 2 amide bonds. The molecule has 2 rings (SSSR count). The zero-order valence-electron chi connectivity index (χ0n) is 11.3. The summed E-state index contributed by atoms with van der Waals surface area (Å²) in [7, 11) is 3.65. The van der Waals surface area contributed by atoms with Gasteiger partial charge in [0, 0.05) is 33.2 Å². The Hall–Kier alpha value is -1.82. The molecule has 1 fully saturated rings. The van der Waals surface area contributed by atoms with Gasteiger partial charge in [-0.05, 0) is 19.2 Å². The molecule has 1 aliphatic heterocycles. The minimum absolute atomic E-state index is 0.0180. The van der Waals surface area contributed by atoms with Gasteiger partial charge in [0.05, 0.1) is 12.8 Å². The maximum absolute atomic E-state index is 12.1. The van der Waals surface area contributed by atoms with Gasteiger partial charge in [-0.3, -0.25) is 9.59 Å². The number of piperazine rings is 1. The zero-order valence-corrected chi connectivity index (χ0v) is 11.3. The summed E-state index contributed by atoms with van der Waals surface area (Å²) >= 11 is 0. The number of furan rings is 1. The second-order valence-corrected chi connectivity index (χ2v) is 4.82. The van der Waals surface area contributed by atoms with Crippen LogP contribution in [0.25, 0.3) is 0 Å². The highest BCUT2D eigenvalue weighted by atomic mass is 16.3. The lowest BCUT2D eigenvalue weighted by Gasteiger charge is -2.33. The lowest BCUT2D eigenvalue weighted by atomic mass is 10.3. The molecule has 104 valence electrons. The van der Waals surface area contributed by atoms with E-state index in [0.29, 0.717) is 0 Å². The summed E-state index contributed by atoms with van der Waals surface area (Å²) in [4.78, 5) is 29.4. The molecule has 6 heteroatoms. The smallest absolute Gasteiger partial charge is 0.289 e. The van der Waals surface area contributed by atoms with Crippen molar-refractivity contribution in [3.05, 3.63) is 24.2 Å². The molecule has 6 nitrogen and oxygen atoms in total. The number of likely N-dealkylation sites (N-methyl/N-ethyl adjacent to an activating group) is 2. The van der Waals surface area contributed by atoms with Crippen molar-refractivity contribution in [2.45, 2.75) is 0 Å². The Balaban J connectivity index is 1.86. The molecule has 1 saturated heterocycles. The van der Waals surface area contributed by atoms with Crippen LogP contribution in [0.1, 0.15) is 10.6 Å². The van der Waals surface area contributed by atoms with Crippen LogP contribution in [-0.2, 0) is 4.79 Å². The van der Waals surface area contributed by atoms with E-state index in [-0.39, 0.29) is 24.1 Å². The predicted octanol–water partition coefficient (Wildman–Crippen LogP) is 0.126. The number of amides is 2. The van der Waals surface area contributed by atoms with Crippen LogP contribution in [0.4, 0.5) is 0 Å². The topological polar surface area (TPSA) is 57.0 Å². The quantitative estimate of drug-likeness (QED) is 0.779. The van der Waals surface area contributed by atoms with Gasteiger partial charge in [-0.25, -0.2) is 0 Å². The molecule has 1 aromatic rings. The van der Waals surface area contributed by atoms with Crippen molar-refractivity contribution in [1.82, 2.24) is 14.7 Å². The Bertz CT molecular complexity index is 436. The second kappa shape index (κ2) is 5.88. The fourth-order valence-corrected chi connectivity index (χ4v) is 2.02. The lowest BCUT2D eigenvalue weighted by Crippen LogP contribution is -2.50. The van der Waals surface area contributed by atoms with E-state index in [4.69, 9.17) is 4.42 Å².